The van der Waals surface area contributed by atoms with E-state index in [4.69, 9.17) is 4.74 Å². The van der Waals surface area contributed by atoms with Gasteiger partial charge in [-0.25, -0.2) is 0 Å². The number of unbranched alkanes of at least 4 members (excludes halogenated alkanes) is 1. The number of hydrogen-bond acceptors (Lipinski definition) is 3. The highest BCUT2D eigenvalue weighted by atomic mass is 16.5. The maximum atomic E-state index is 12.2. The lowest BCUT2D eigenvalue weighted by Crippen LogP contribution is -2.45. The molecule has 0 bridgehead atoms. The summed E-state index contributed by atoms with van der Waals surface area (Å²) in [6, 6.07) is 7.73. The Labute approximate surface area is 143 Å². The summed E-state index contributed by atoms with van der Waals surface area (Å²) in [5.41, 5.74) is 1.78. The number of benzene rings is 1. The zero-order valence-electron chi connectivity index (χ0n) is 14.5. The van der Waals surface area contributed by atoms with Crippen molar-refractivity contribution in [1.29, 1.82) is 0 Å². The van der Waals surface area contributed by atoms with Crippen molar-refractivity contribution >= 4 is 16.8 Å². The number of morpholine rings is 1. The number of H-pyrrole nitrogens is 1. The second-order valence-corrected chi connectivity index (χ2v) is 6.76. The SMILES string of the molecule is C[C@H]1CN(CCCCNC(=O)c2ccc3[nH]ccc3c2)C[C@H](C)O1. The van der Waals surface area contributed by atoms with Gasteiger partial charge >= 0.3 is 0 Å². The summed E-state index contributed by atoms with van der Waals surface area (Å²) in [5, 5.41) is 4.09. The maximum absolute atomic E-state index is 12.2. The largest absolute Gasteiger partial charge is 0.373 e. The summed E-state index contributed by atoms with van der Waals surface area (Å²) in [4.78, 5) is 17.8. The van der Waals surface area contributed by atoms with E-state index in [1.54, 1.807) is 0 Å². The fourth-order valence-electron chi connectivity index (χ4n) is 3.43. The van der Waals surface area contributed by atoms with Crippen molar-refractivity contribution in [2.24, 2.45) is 0 Å². The van der Waals surface area contributed by atoms with Gasteiger partial charge in [0.2, 0.25) is 0 Å². The summed E-state index contributed by atoms with van der Waals surface area (Å²) in [5.74, 6) is 0.00622. The summed E-state index contributed by atoms with van der Waals surface area (Å²) in [7, 11) is 0. The highest BCUT2D eigenvalue weighted by Gasteiger charge is 2.21. The van der Waals surface area contributed by atoms with Gasteiger partial charge < -0.3 is 15.0 Å². The van der Waals surface area contributed by atoms with Crippen molar-refractivity contribution in [2.75, 3.05) is 26.2 Å². The standard InChI is InChI=1S/C19H27N3O2/c1-14-12-22(13-15(2)24-14)10-4-3-8-21-19(23)17-5-6-18-16(11-17)7-9-20-18/h5-7,9,11,14-15,20H,3-4,8,10,12-13H2,1-2H3,(H,21,23)/t14-,15-/m0/s1. The van der Waals surface area contributed by atoms with E-state index in [1.807, 2.05) is 30.5 Å². The first-order valence-corrected chi connectivity index (χ1v) is 8.85. The monoisotopic (exact) mass is 329 g/mol. The molecule has 0 unspecified atom stereocenters. The van der Waals surface area contributed by atoms with Crippen LogP contribution in [0.2, 0.25) is 0 Å². The van der Waals surface area contributed by atoms with Crippen LogP contribution in [0.4, 0.5) is 0 Å². The molecular weight excluding hydrogens is 302 g/mol. The Hall–Kier alpha value is -1.85. The smallest absolute Gasteiger partial charge is 0.251 e. The molecule has 1 aliphatic heterocycles. The van der Waals surface area contributed by atoms with Crippen LogP contribution in [-0.4, -0.2) is 54.2 Å². The van der Waals surface area contributed by atoms with E-state index in [2.05, 4.69) is 29.0 Å². The lowest BCUT2D eigenvalue weighted by Gasteiger charge is -2.35. The number of rotatable bonds is 6. The molecule has 1 fully saturated rings. The Kier molecular flexibility index (Phi) is 5.53. The minimum Gasteiger partial charge on any atom is -0.373 e. The number of nitrogens with zero attached hydrogens (tertiary/aromatic N) is 1. The Morgan fingerprint density at radius 3 is 2.83 bits per heavy atom. The van der Waals surface area contributed by atoms with Gasteiger partial charge in [0, 0.05) is 42.3 Å². The van der Waals surface area contributed by atoms with Crippen molar-refractivity contribution in [1.82, 2.24) is 15.2 Å². The van der Waals surface area contributed by atoms with E-state index in [9.17, 15) is 4.79 Å². The number of nitrogens with one attached hydrogen (secondary N) is 2. The molecule has 1 aromatic heterocycles. The van der Waals surface area contributed by atoms with Crippen molar-refractivity contribution < 1.29 is 9.53 Å². The van der Waals surface area contributed by atoms with Gasteiger partial charge in [-0.2, -0.15) is 0 Å². The van der Waals surface area contributed by atoms with Gasteiger partial charge in [-0.15, -0.1) is 0 Å². The second kappa shape index (κ2) is 7.81. The molecule has 1 saturated heterocycles. The third kappa shape index (κ3) is 4.36. The summed E-state index contributed by atoms with van der Waals surface area (Å²) in [6.07, 6.45) is 4.61. The van der Waals surface area contributed by atoms with E-state index in [0.717, 1.165) is 55.5 Å². The predicted octanol–water partition coefficient (Wildman–Crippen LogP) is 2.79. The molecule has 0 radical (unpaired) electrons. The topological polar surface area (TPSA) is 57.4 Å². The van der Waals surface area contributed by atoms with E-state index in [-0.39, 0.29) is 5.91 Å². The molecule has 5 heteroatoms. The molecule has 0 spiro atoms. The average Bonchev–Trinajstić information content (AvgIpc) is 3.01. The molecule has 0 saturated carbocycles. The highest BCUT2D eigenvalue weighted by Crippen LogP contribution is 2.14. The molecule has 5 nitrogen and oxygen atoms in total. The molecule has 2 atom stereocenters. The van der Waals surface area contributed by atoms with Crippen molar-refractivity contribution in [2.45, 2.75) is 38.9 Å². The number of fused-ring (bicyclic) bond motifs is 1. The van der Waals surface area contributed by atoms with Crippen LogP contribution in [0.3, 0.4) is 0 Å². The number of amides is 1. The molecule has 1 amide bonds. The zero-order valence-corrected chi connectivity index (χ0v) is 14.5. The third-order valence-corrected chi connectivity index (χ3v) is 4.50. The second-order valence-electron chi connectivity index (χ2n) is 6.76. The van der Waals surface area contributed by atoms with Gasteiger partial charge in [-0.1, -0.05) is 0 Å². The van der Waals surface area contributed by atoms with E-state index >= 15 is 0 Å². The minimum atomic E-state index is 0.00622. The molecule has 1 aromatic carbocycles. The number of aromatic nitrogens is 1. The van der Waals surface area contributed by atoms with Crippen LogP contribution >= 0.6 is 0 Å². The molecule has 24 heavy (non-hydrogen) atoms. The van der Waals surface area contributed by atoms with Crippen LogP contribution in [0.15, 0.2) is 30.5 Å². The molecule has 0 aliphatic carbocycles. The summed E-state index contributed by atoms with van der Waals surface area (Å²) < 4.78 is 5.75. The first-order chi connectivity index (χ1) is 11.6. The van der Waals surface area contributed by atoms with Crippen LogP contribution in [-0.2, 0) is 4.74 Å². The normalized spacial score (nSPS) is 21.9. The molecule has 2 aromatic rings. The molecule has 1 aliphatic rings. The molecule has 3 rings (SSSR count). The van der Waals surface area contributed by atoms with Crippen LogP contribution in [0.1, 0.15) is 37.0 Å². The number of aromatic amines is 1. The first kappa shape index (κ1) is 17.0. The van der Waals surface area contributed by atoms with E-state index < -0.39 is 0 Å². The van der Waals surface area contributed by atoms with E-state index in [1.165, 1.54) is 0 Å². The zero-order chi connectivity index (χ0) is 16.9. The maximum Gasteiger partial charge on any atom is 0.251 e. The quantitative estimate of drug-likeness (QED) is 0.801. The number of carbonyl (C=O) groups excluding carboxylic acids is 1. The van der Waals surface area contributed by atoms with Gasteiger partial charge in [0.1, 0.15) is 0 Å². The lowest BCUT2D eigenvalue weighted by molar-refractivity contribution is -0.0681. The Morgan fingerprint density at radius 1 is 1.25 bits per heavy atom. The summed E-state index contributed by atoms with van der Waals surface area (Å²) >= 11 is 0. The van der Waals surface area contributed by atoms with Crippen molar-refractivity contribution in [3.8, 4) is 0 Å². The average molecular weight is 329 g/mol. The van der Waals surface area contributed by atoms with Crippen molar-refractivity contribution in [3.63, 3.8) is 0 Å². The Bertz CT molecular complexity index is 672. The predicted molar refractivity (Wildman–Crippen MR) is 96.3 cm³/mol. The highest BCUT2D eigenvalue weighted by molar-refractivity contribution is 5.98. The van der Waals surface area contributed by atoms with Gasteiger partial charge in [-0.05, 0) is 57.5 Å². The van der Waals surface area contributed by atoms with Gasteiger partial charge in [0.05, 0.1) is 12.2 Å². The molecule has 2 heterocycles. The Balaban J connectivity index is 1.37. The fourth-order valence-corrected chi connectivity index (χ4v) is 3.43. The van der Waals surface area contributed by atoms with Crippen LogP contribution < -0.4 is 5.32 Å². The number of ether oxygens (including phenoxy) is 1. The van der Waals surface area contributed by atoms with Crippen LogP contribution in [0.25, 0.3) is 10.9 Å². The van der Waals surface area contributed by atoms with E-state index in [0.29, 0.717) is 12.2 Å². The number of hydrogen-bond donors (Lipinski definition) is 2. The van der Waals surface area contributed by atoms with Crippen LogP contribution in [0.5, 0.6) is 0 Å². The van der Waals surface area contributed by atoms with Crippen LogP contribution in [0, 0.1) is 0 Å². The van der Waals surface area contributed by atoms with Gasteiger partial charge in [-0.3, -0.25) is 9.69 Å². The number of carbonyl (C=O) groups is 1. The van der Waals surface area contributed by atoms with Crippen molar-refractivity contribution in [3.05, 3.63) is 36.0 Å². The van der Waals surface area contributed by atoms with Gasteiger partial charge in [0.25, 0.3) is 5.91 Å². The first-order valence-electron chi connectivity index (χ1n) is 8.85. The molecule has 130 valence electrons. The van der Waals surface area contributed by atoms with Gasteiger partial charge in [0.15, 0.2) is 0 Å². The molecule has 2 N–H and O–H groups in total. The minimum absolute atomic E-state index is 0.00622. The molecular formula is C19H27N3O2. The summed E-state index contributed by atoms with van der Waals surface area (Å²) in [6.45, 7) is 8.07. The lowest BCUT2D eigenvalue weighted by atomic mass is 10.1. The fraction of sp³-hybridized carbons (Fsp3) is 0.526. The Morgan fingerprint density at radius 2 is 2.04 bits per heavy atom. The third-order valence-electron chi connectivity index (χ3n) is 4.50.